The van der Waals surface area contributed by atoms with E-state index in [1.165, 1.54) is 19.3 Å². The summed E-state index contributed by atoms with van der Waals surface area (Å²) < 4.78 is 5.43. The molecule has 2 nitrogen and oxygen atoms in total. The minimum Gasteiger partial charge on any atom is -0.393 e. The van der Waals surface area contributed by atoms with Gasteiger partial charge >= 0.3 is 0 Å². The number of ether oxygens (including phenoxy) is 1. The molecule has 1 rings (SSSR count). The van der Waals surface area contributed by atoms with Gasteiger partial charge in [0, 0.05) is 13.2 Å². The van der Waals surface area contributed by atoms with Gasteiger partial charge in [-0.2, -0.15) is 0 Å². The summed E-state index contributed by atoms with van der Waals surface area (Å²) in [6.45, 7) is 8.30. The predicted octanol–water partition coefficient (Wildman–Crippen LogP) is 3.24. The molecule has 0 aromatic carbocycles. The summed E-state index contributed by atoms with van der Waals surface area (Å²) in [6.07, 6.45) is 5.39. The van der Waals surface area contributed by atoms with E-state index in [-0.39, 0.29) is 6.10 Å². The van der Waals surface area contributed by atoms with Crippen molar-refractivity contribution >= 4 is 0 Å². The molecule has 0 spiro atoms. The average Bonchev–Trinajstić information content (AvgIpc) is 2.28. The topological polar surface area (TPSA) is 29.5 Å². The van der Waals surface area contributed by atoms with E-state index >= 15 is 0 Å². The summed E-state index contributed by atoms with van der Waals surface area (Å²) in [4.78, 5) is 0. The molecule has 4 unspecified atom stereocenters. The molecule has 1 N–H and O–H groups in total. The molecule has 4 atom stereocenters. The molecule has 0 bridgehead atoms. The third-order valence-electron chi connectivity index (χ3n) is 4.09. The Labute approximate surface area is 100 Å². The van der Waals surface area contributed by atoms with E-state index in [2.05, 4.69) is 20.8 Å². The molecule has 0 amide bonds. The highest BCUT2D eigenvalue weighted by molar-refractivity contribution is 4.79. The molecule has 1 aliphatic rings. The minimum atomic E-state index is -0.146. The lowest BCUT2D eigenvalue weighted by Crippen LogP contribution is -2.30. The fraction of sp³-hybridized carbons (Fsp3) is 1.00. The van der Waals surface area contributed by atoms with Gasteiger partial charge in [-0.1, -0.05) is 27.2 Å². The molecule has 16 heavy (non-hydrogen) atoms. The zero-order valence-electron chi connectivity index (χ0n) is 11.1. The van der Waals surface area contributed by atoms with Crippen molar-refractivity contribution in [3.8, 4) is 0 Å². The zero-order valence-corrected chi connectivity index (χ0v) is 11.1. The highest BCUT2D eigenvalue weighted by Gasteiger charge is 2.28. The first-order valence-electron chi connectivity index (χ1n) is 6.91. The van der Waals surface area contributed by atoms with Crippen LogP contribution in [0.15, 0.2) is 0 Å². The van der Waals surface area contributed by atoms with E-state index in [0.717, 1.165) is 37.9 Å². The summed E-state index contributed by atoms with van der Waals surface area (Å²) >= 11 is 0. The molecule has 0 aromatic rings. The molecule has 0 heterocycles. The molecular formula is C14H28O2. The van der Waals surface area contributed by atoms with Crippen molar-refractivity contribution in [1.29, 1.82) is 0 Å². The highest BCUT2D eigenvalue weighted by Crippen LogP contribution is 2.35. The Morgan fingerprint density at radius 3 is 2.56 bits per heavy atom. The average molecular weight is 228 g/mol. The molecule has 2 heteroatoms. The van der Waals surface area contributed by atoms with Crippen LogP contribution in [-0.4, -0.2) is 24.4 Å². The smallest absolute Gasteiger partial charge is 0.0590 e. The Morgan fingerprint density at radius 1 is 1.19 bits per heavy atom. The first kappa shape index (κ1) is 14.0. The third-order valence-corrected chi connectivity index (χ3v) is 4.09. The van der Waals surface area contributed by atoms with Crippen LogP contribution in [0.4, 0.5) is 0 Å². The molecule has 0 saturated heterocycles. The van der Waals surface area contributed by atoms with Gasteiger partial charge in [-0.25, -0.2) is 0 Å². The van der Waals surface area contributed by atoms with Crippen LogP contribution in [0.5, 0.6) is 0 Å². The van der Waals surface area contributed by atoms with Crippen molar-refractivity contribution in [1.82, 2.24) is 0 Å². The van der Waals surface area contributed by atoms with Gasteiger partial charge in [0.15, 0.2) is 0 Å². The van der Waals surface area contributed by atoms with E-state index in [4.69, 9.17) is 4.74 Å². The SMILES string of the molecule is CCCOCCC(O)C1CCC(C)C(C)C1. The normalized spacial score (nSPS) is 32.6. The summed E-state index contributed by atoms with van der Waals surface area (Å²) in [5.41, 5.74) is 0. The molecule has 96 valence electrons. The zero-order chi connectivity index (χ0) is 12.0. The van der Waals surface area contributed by atoms with Crippen LogP contribution in [-0.2, 0) is 4.74 Å². The first-order valence-corrected chi connectivity index (χ1v) is 6.91. The highest BCUT2D eigenvalue weighted by atomic mass is 16.5. The maximum absolute atomic E-state index is 10.1. The largest absolute Gasteiger partial charge is 0.393 e. The lowest BCUT2D eigenvalue weighted by molar-refractivity contribution is 0.0233. The lowest BCUT2D eigenvalue weighted by atomic mass is 9.73. The predicted molar refractivity (Wildman–Crippen MR) is 67.4 cm³/mol. The van der Waals surface area contributed by atoms with Crippen molar-refractivity contribution < 1.29 is 9.84 Å². The second-order valence-corrected chi connectivity index (χ2v) is 5.50. The Hall–Kier alpha value is -0.0800. The standard InChI is InChI=1S/C14H28O2/c1-4-8-16-9-7-14(15)13-6-5-11(2)12(3)10-13/h11-15H,4-10H2,1-3H3. The van der Waals surface area contributed by atoms with Crippen LogP contribution in [0.3, 0.4) is 0 Å². The van der Waals surface area contributed by atoms with Crippen molar-refractivity contribution in [3.05, 3.63) is 0 Å². The van der Waals surface area contributed by atoms with Crippen LogP contribution in [0.1, 0.15) is 52.9 Å². The van der Waals surface area contributed by atoms with Crippen molar-refractivity contribution in [2.75, 3.05) is 13.2 Å². The van der Waals surface area contributed by atoms with Crippen LogP contribution >= 0.6 is 0 Å². The van der Waals surface area contributed by atoms with Crippen molar-refractivity contribution in [3.63, 3.8) is 0 Å². The van der Waals surface area contributed by atoms with E-state index in [1.54, 1.807) is 0 Å². The second kappa shape index (κ2) is 7.29. The maximum Gasteiger partial charge on any atom is 0.0590 e. The molecule has 0 aliphatic heterocycles. The van der Waals surface area contributed by atoms with Gasteiger partial charge in [0.1, 0.15) is 0 Å². The molecule has 0 radical (unpaired) electrons. The Bertz CT molecular complexity index is 182. The van der Waals surface area contributed by atoms with Gasteiger partial charge < -0.3 is 9.84 Å². The summed E-state index contributed by atoms with van der Waals surface area (Å²) in [5, 5.41) is 10.1. The fourth-order valence-corrected chi connectivity index (χ4v) is 2.62. The van der Waals surface area contributed by atoms with Gasteiger partial charge in [-0.05, 0) is 43.4 Å². The van der Waals surface area contributed by atoms with Crippen molar-refractivity contribution in [2.24, 2.45) is 17.8 Å². The number of rotatable bonds is 6. The first-order chi connectivity index (χ1) is 7.65. The molecule has 1 saturated carbocycles. The minimum absolute atomic E-state index is 0.146. The summed E-state index contributed by atoms with van der Waals surface area (Å²) in [7, 11) is 0. The van der Waals surface area contributed by atoms with Crippen molar-refractivity contribution in [2.45, 2.75) is 59.0 Å². The van der Waals surface area contributed by atoms with Crippen LogP contribution in [0, 0.1) is 17.8 Å². The third kappa shape index (κ3) is 4.42. The van der Waals surface area contributed by atoms with Crippen LogP contribution in [0.2, 0.25) is 0 Å². The molecule has 1 aliphatic carbocycles. The Kier molecular flexibility index (Phi) is 6.37. The number of hydrogen-bond acceptors (Lipinski definition) is 2. The van der Waals surface area contributed by atoms with Crippen LogP contribution < -0.4 is 0 Å². The van der Waals surface area contributed by atoms with E-state index in [0.29, 0.717) is 5.92 Å². The Morgan fingerprint density at radius 2 is 1.94 bits per heavy atom. The van der Waals surface area contributed by atoms with Gasteiger partial charge in [-0.15, -0.1) is 0 Å². The second-order valence-electron chi connectivity index (χ2n) is 5.50. The summed E-state index contributed by atoms with van der Waals surface area (Å²) in [6, 6.07) is 0. The number of aliphatic hydroxyl groups is 1. The monoisotopic (exact) mass is 228 g/mol. The molecule has 1 fully saturated rings. The van der Waals surface area contributed by atoms with E-state index in [9.17, 15) is 5.11 Å². The van der Waals surface area contributed by atoms with Gasteiger partial charge in [0.05, 0.1) is 6.10 Å². The van der Waals surface area contributed by atoms with Gasteiger partial charge in [0.2, 0.25) is 0 Å². The van der Waals surface area contributed by atoms with E-state index in [1.807, 2.05) is 0 Å². The lowest BCUT2D eigenvalue weighted by Gasteiger charge is -2.34. The molecule has 0 aromatic heterocycles. The number of hydrogen-bond donors (Lipinski definition) is 1. The maximum atomic E-state index is 10.1. The van der Waals surface area contributed by atoms with E-state index < -0.39 is 0 Å². The van der Waals surface area contributed by atoms with Crippen LogP contribution in [0.25, 0.3) is 0 Å². The quantitative estimate of drug-likeness (QED) is 0.707. The molecular weight excluding hydrogens is 200 g/mol. The van der Waals surface area contributed by atoms with Gasteiger partial charge in [0.25, 0.3) is 0 Å². The number of aliphatic hydroxyl groups excluding tert-OH is 1. The summed E-state index contributed by atoms with van der Waals surface area (Å²) in [5.74, 6) is 2.11. The fourth-order valence-electron chi connectivity index (χ4n) is 2.62. The van der Waals surface area contributed by atoms with Gasteiger partial charge in [-0.3, -0.25) is 0 Å². The Balaban J connectivity index is 2.18.